The second kappa shape index (κ2) is 3.66. The van der Waals surface area contributed by atoms with Gasteiger partial charge in [-0.05, 0) is 0 Å². The summed E-state index contributed by atoms with van der Waals surface area (Å²) in [4.78, 5) is 10.5. The minimum atomic E-state index is -3.12. The van der Waals surface area contributed by atoms with Crippen molar-refractivity contribution in [3.05, 3.63) is 23.8 Å². The molecule has 0 heterocycles. The fraction of sp³-hybridized carbons (Fsp3) is 0. The third kappa shape index (κ3) is 2.12. The Labute approximate surface area is 77.7 Å². The van der Waals surface area contributed by atoms with Crippen LogP contribution in [0.1, 0.15) is 10.4 Å². The Bertz CT molecular complexity index is 373. The summed E-state index contributed by atoms with van der Waals surface area (Å²) in [5, 5.41) is 17.6. The predicted molar refractivity (Wildman–Crippen MR) is 43.4 cm³/mol. The molecule has 0 aliphatic rings. The first kappa shape index (κ1) is 9.85. The number of rotatable bonds is 2. The molecule has 0 fully saturated rings. The first-order chi connectivity index (χ1) is 6.02. The summed E-state index contributed by atoms with van der Waals surface area (Å²) in [7, 11) is 0. The van der Waals surface area contributed by atoms with E-state index >= 15 is 0 Å². The van der Waals surface area contributed by atoms with Crippen molar-refractivity contribution in [1.29, 1.82) is 0 Å². The molecule has 0 spiro atoms. The van der Waals surface area contributed by atoms with Gasteiger partial charge in [0.05, 0.1) is 0 Å². The van der Waals surface area contributed by atoms with Gasteiger partial charge in [-0.3, -0.25) is 0 Å². The predicted octanol–water partition coefficient (Wildman–Crippen LogP) is -0.792. The first-order valence-electron chi connectivity index (χ1n) is 3.19. The molecule has 5 nitrogen and oxygen atoms in total. The van der Waals surface area contributed by atoms with Crippen molar-refractivity contribution in [1.82, 2.24) is 0 Å². The van der Waals surface area contributed by atoms with E-state index in [1.165, 1.54) is 6.07 Å². The monoisotopic (exact) mass is 250 g/mol. The van der Waals surface area contributed by atoms with Gasteiger partial charge in [-0.1, -0.05) is 0 Å². The van der Waals surface area contributed by atoms with Crippen molar-refractivity contribution < 1.29 is 23.0 Å². The van der Waals surface area contributed by atoms with Crippen LogP contribution in [0.15, 0.2) is 18.2 Å². The summed E-state index contributed by atoms with van der Waals surface area (Å²) in [5.41, 5.74) is -0.365. The van der Waals surface area contributed by atoms with E-state index in [0.29, 0.717) is 0 Å². The Hall–Kier alpha value is -1.23. The molecular weight excluding hydrogens is 243 g/mol. The maximum atomic E-state index is 10.6. The van der Waals surface area contributed by atoms with Crippen molar-refractivity contribution in [2.24, 2.45) is 0 Å². The van der Waals surface area contributed by atoms with E-state index in [9.17, 15) is 8.63 Å². The first-order valence-corrected chi connectivity index (χ1v) is 5.51. The zero-order valence-electron chi connectivity index (χ0n) is 6.30. The van der Waals surface area contributed by atoms with Gasteiger partial charge < -0.3 is 0 Å². The van der Waals surface area contributed by atoms with Crippen molar-refractivity contribution >= 4 is 24.6 Å². The Balaban J connectivity index is 3.27. The van der Waals surface area contributed by atoms with Gasteiger partial charge >= 0.3 is 77.1 Å². The molecule has 1 unspecified atom stereocenters. The minimum absolute atomic E-state index is 0.0372. The van der Waals surface area contributed by atoms with E-state index in [4.69, 9.17) is 14.4 Å². The molecule has 0 saturated carbocycles. The molecule has 6 heteroatoms. The molecule has 0 saturated heterocycles. The molecule has 0 radical (unpaired) electrons. The van der Waals surface area contributed by atoms with Crippen LogP contribution >= 0.6 is 0 Å². The molecule has 0 aromatic heterocycles. The van der Waals surface area contributed by atoms with E-state index in [1.54, 1.807) is 0 Å². The Morgan fingerprint density at radius 3 is 2.46 bits per heavy atom. The number of carbonyl (C=O) groups is 1. The molecule has 1 atom stereocenters. The molecule has 1 rings (SSSR count). The van der Waals surface area contributed by atoms with E-state index in [1.807, 2.05) is 0 Å². The molecule has 3 N–H and O–H groups in total. The molecule has 70 valence electrons. The fourth-order valence-corrected chi connectivity index (χ4v) is 1.64. The Morgan fingerprint density at radius 1 is 1.38 bits per heavy atom. The van der Waals surface area contributed by atoms with Crippen LogP contribution in [-0.2, 0) is 3.83 Å². The van der Waals surface area contributed by atoms with Crippen molar-refractivity contribution in [2.45, 2.75) is 0 Å². The van der Waals surface area contributed by atoms with Crippen molar-refractivity contribution in [3.8, 4) is 5.75 Å². The maximum absolute atomic E-state index is 10.6. The molecule has 0 bridgehead atoms. The number of aromatic hydroxyl groups is 1. The number of hydrogen-bond donors (Lipinski definition) is 3. The third-order valence-electron chi connectivity index (χ3n) is 1.40. The standard InChI is InChI=1S/C7H6O5Se/c8-6-2-1-4(13(11)12)3-5(6)7(9)10/h1-3,8H,(H,9,10)(H,11,12). The average Bonchev–Trinajstić information content (AvgIpc) is 2.04. The molecular formula is C7H6O5Se. The van der Waals surface area contributed by atoms with Gasteiger partial charge in [-0.25, -0.2) is 0 Å². The molecule has 0 aliphatic carbocycles. The van der Waals surface area contributed by atoms with Gasteiger partial charge in [0, 0.05) is 0 Å². The van der Waals surface area contributed by atoms with E-state index in [2.05, 4.69) is 0 Å². The molecule has 13 heavy (non-hydrogen) atoms. The van der Waals surface area contributed by atoms with Gasteiger partial charge in [0.25, 0.3) is 0 Å². The summed E-state index contributed by atoms with van der Waals surface area (Å²) in [6.07, 6.45) is 0. The van der Waals surface area contributed by atoms with Crippen LogP contribution in [0.3, 0.4) is 0 Å². The van der Waals surface area contributed by atoms with Gasteiger partial charge in [0.1, 0.15) is 0 Å². The fourth-order valence-electron chi connectivity index (χ4n) is 0.795. The third-order valence-corrected chi connectivity index (χ3v) is 2.78. The van der Waals surface area contributed by atoms with Crippen LogP contribution in [0.25, 0.3) is 0 Å². The normalized spacial score (nSPS) is 12.4. The second-order valence-corrected chi connectivity index (χ2v) is 4.27. The zero-order valence-corrected chi connectivity index (χ0v) is 8.01. The van der Waals surface area contributed by atoms with Gasteiger partial charge in [-0.15, -0.1) is 0 Å². The van der Waals surface area contributed by atoms with Gasteiger partial charge in [0.15, 0.2) is 0 Å². The number of phenols is 1. The van der Waals surface area contributed by atoms with E-state index in [-0.39, 0.29) is 10.0 Å². The topological polar surface area (TPSA) is 94.8 Å². The summed E-state index contributed by atoms with van der Waals surface area (Å²) >= 11 is -3.12. The van der Waals surface area contributed by atoms with Crippen LogP contribution in [0, 0.1) is 0 Å². The number of carboxylic acid groups (broad SMARTS) is 1. The van der Waals surface area contributed by atoms with Crippen LogP contribution in [0.4, 0.5) is 0 Å². The zero-order chi connectivity index (χ0) is 10.0. The van der Waals surface area contributed by atoms with E-state index < -0.39 is 25.9 Å². The summed E-state index contributed by atoms with van der Waals surface area (Å²) in [5.74, 6) is -1.74. The summed E-state index contributed by atoms with van der Waals surface area (Å²) in [6.45, 7) is 0. The number of benzene rings is 1. The average molecular weight is 249 g/mol. The number of aromatic carboxylic acids is 1. The van der Waals surface area contributed by atoms with Crippen molar-refractivity contribution in [3.63, 3.8) is 0 Å². The van der Waals surface area contributed by atoms with Crippen LogP contribution in [0.5, 0.6) is 5.75 Å². The van der Waals surface area contributed by atoms with Gasteiger partial charge in [-0.2, -0.15) is 0 Å². The Kier molecular flexibility index (Phi) is 2.77. The summed E-state index contributed by atoms with van der Waals surface area (Å²) < 4.78 is 19.4. The van der Waals surface area contributed by atoms with Crippen LogP contribution in [-0.4, -0.2) is 34.5 Å². The number of carboxylic acids is 1. The number of hydrogen-bond acceptors (Lipinski definition) is 3. The molecule has 1 aromatic carbocycles. The SMILES string of the molecule is O=C(O)c1cc([Se](=O)O)ccc1O. The van der Waals surface area contributed by atoms with Gasteiger partial charge in [0.2, 0.25) is 0 Å². The van der Waals surface area contributed by atoms with Crippen LogP contribution in [0.2, 0.25) is 0 Å². The molecule has 0 amide bonds. The van der Waals surface area contributed by atoms with E-state index in [0.717, 1.165) is 12.1 Å². The van der Waals surface area contributed by atoms with Crippen molar-refractivity contribution in [2.75, 3.05) is 0 Å². The summed E-state index contributed by atoms with van der Waals surface area (Å²) in [6, 6.07) is 3.30. The second-order valence-electron chi connectivity index (χ2n) is 2.23. The Morgan fingerprint density at radius 2 is 2.00 bits per heavy atom. The van der Waals surface area contributed by atoms with Crippen LogP contribution < -0.4 is 4.46 Å². The molecule has 1 aromatic rings. The quantitative estimate of drug-likeness (QED) is 0.597. The molecule has 0 aliphatic heterocycles.